The zero-order valence-electron chi connectivity index (χ0n) is 51.7. The van der Waals surface area contributed by atoms with Crippen LogP contribution in [0, 0.1) is 0 Å². The van der Waals surface area contributed by atoms with E-state index in [4.69, 9.17) is 14.2 Å². The van der Waals surface area contributed by atoms with Crippen LogP contribution in [0.1, 0.15) is 335 Å². The molecule has 0 aliphatic rings. The van der Waals surface area contributed by atoms with E-state index >= 15 is 0 Å². The summed E-state index contributed by atoms with van der Waals surface area (Å²) < 4.78 is 17.0. The van der Waals surface area contributed by atoms with Crippen molar-refractivity contribution >= 4 is 17.9 Å². The van der Waals surface area contributed by atoms with Crippen LogP contribution < -0.4 is 0 Å². The van der Waals surface area contributed by atoms with Gasteiger partial charge in [-0.2, -0.15) is 0 Å². The lowest BCUT2D eigenvalue weighted by molar-refractivity contribution is -0.167. The fourth-order valence-corrected chi connectivity index (χ4v) is 9.62. The molecule has 0 fully saturated rings. The number of unbranched alkanes of at least 4 members (excludes halogenated alkanes) is 36. The van der Waals surface area contributed by atoms with E-state index in [0.717, 1.165) is 109 Å². The maximum Gasteiger partial charge on any atom is 0.306 e. The highest BCUT2D eigenvalue weighted by Gasteiger charge is 2.19. The molecule has 0 heterocycles. The van der Waals surface area contributed by atoms with Crippen molar-refractivity contribution in [2.45, 2.75) is 341 Å². The van der Waals surface area contributed by atoms with Crippen LogP contribution in [-0.2, 0) is 28.6 Å². The van der Waals surface area contributed by atoms with Crippen molar-refractivity contribution in [1.29, 1.82) is 0 Å². The first-order valence-corrected chi connectivity index (χ1v) is 33.6. The van der Waals surface area contributed by atoms with E-state index in [-0.39, 0.29) is 31.1 Å². The molecule has 450 valence electrons. The second-order valence-corrected chi connectivity index (χ2v) is 22.4. The predicted molar refractivity (Wildman–Crippen MR) is 339 cm³/mol. The second kappa shape index (κ2) is 66.1. The van der Waals surface area contributed by atoms with Gasteiger partial charge in [-0.1, -0.05) is 305 Å². The summed E-state index contributed by atoms with van der Waals surface area (Å²) in [5.41, 5.74) is 0. The molecule has 0 saturated heterocycles. The molecule has 1 unspecified atom stereocenters. The molecule has 0 aromatic carbocycles. The summed E-state index contributed by atoms with van der Waals surface area (Å²) in [5, 5.41) is 0. The molecule has 0 aliphatic carbocycles. The molecule has 0 N–H and O–H groups in total. The van der Waals surface area contributed by atoms with Gasteiger partial charge in [-0.25, -0.2) is 0 Å². The third kappa shape index (κ3) is 63.4. The van der Waals surface area contributed by atoms with Crippen LogP contribution >= 0.6 is 0 Å². The Morgan fingerprint density at radius 1 is 0.269 bits per heavy atom. The van der Waals surface area contributed by atoms with Crippen molar-refractivity contribution in [3.05, 3.63) is 85.1 Å². The lowest BCUT2D eigenvalue weighted by atomic mass is 10.0. The van der Waals surface area contributed by atoms with Crippen molar-refractivity contribution in [2.24, 2.45) is 0 Å². The lowest BCUT2D eigenvalue weighted by Crippen LogP contribution is -2.30. The second-order valence-electron chi connectivity index (χ2n) is 22.4. The summed E-state index contributed by atoms with van der Waals surface area (Å²) in [6, 6.07) is 0. The summed E-state index contributed by atoms with van der Waals surface area (Å²) in [6.45, 7) is 6.56. The van der Waals surface area contributed by atoms with E-state index in [1.165, 1.54) is 186 Å². The minimum Gasteiger partial charge on any atom is -0.462 e. The van der Waals surface area contributed by atoms with E-state index in [1.54, 1.807) is 0 Å². The van der Waals surface area contributed by atoms with Gasteiger partial charge in [0.1, 0.15) is 13.2 Å². The van der Waals surface area contributed by atoms with E-state index in [2.05, 4.69) is 106 Å². The van der Waals surface area contributed by atoms with Gasteiger partial charge < -0.3 is 14.2 Å². The summed E-state index contributed by atoms with van der Waals surface area (Å²) in [4.78, 5) is 38.4. The van der Waals surface area contributed by atoms with Crippen LogP contribution in [0.3, 0.4) is 0 Å². The first-order chi connectivity index (χ1) is 38.5. The van der Waals surface area contributed by atoms with Crippen molar-refractivity contribution in [3.8, 4) is 0 Å². The minimum atomic E-state index is -0.782. The molecule has 1 atom stereocenters. The standard InChI is InChI=1S/C72H126O6/c1-4-7-10-13-16-19-22-25-28-30-31-32-33-34-35-36-37-38-39-40-41-42-45-47-50-53-56-59-62-65-71(74)77-68-69(67-76-70(73)64-61-58-55-52-49-46-43-27-24-21-18-15-12-9-6-3)78-72(75)66-63-60-57-54-51-48-44-29-26-23-20-17-14-11-8-5-2/h7,10,16,19,25,28-29,31-32,34-35,37-38,44,69H,4-6,8-9,11-15,17-18,20-24,26-27,30,33,36,39-43,45-68H2,1-3H3/b10-7-,19-16-,28-25-,32-31-,35-34-,38-37-,44-29-. The molecule has 6 heteroatoms. The molecule has 0 amide bonds. The predicted octanol–water partition coefficient (Wildman–Crippen LogP) is 23.1. The molecule has 0 aromatic heterocycles. The SMILES string of the molecule is CC/C=C\C/C=C\C/C=C\C/C=C\C/C=C\C/C=C\CCCCCCCCCCCCC(=O)OCC(COC(=O)CCCCCCCCCCCCCCCCC)OC(=O)CCCCCCC/C=C\CCCCCCCCC. The van der Waals surface area contributed by atoms with Crippen molar-refractivity contribution < 1.29 is 28.6 Å². The first-order valence-electron chi connectivity index (χ1n) is 33.6. The highest BCUT2D eigenvalue weighted by atomic mass is 16.6. The smallest absolute Gasteiger partial charge is 0.306 e. The number of allylic oxidation sites excluding steroid dienone is 14. The summed E-state index contributed by atoms with van der Waals surface area (Å²) in [7, 11) is 0. The highest BCUT2D eigenvalue weighted by Crippen LogP contribution is 2.17. The summed E-state index contributed by atoms with van der Waals surface area (Å²) in [6.07, 6.45) is 87.3. The largest absolute Gasteiger partial charge is 0.462 e. The number of carbonyl (C=O) groups excluding carboxylic acids is 3. The Morgan fingerprint density at radius 2 is 0.500 bits per heavy atom. The molecule has 6 nitrogen and oxygen atoms in total. The Kier molecular flexibility index (Phi) is 63.2. The van der Waals surface area contributed by atoms with Gasteiger partial charge in [0.25, 0.3) is 0 Å². The van der Waals surface area contributed by atoms with E-state index < -0.39 is 6.10 Å². The van der Waals surface area contributed by atoms with Crippen LogP contribution in [0.25, 0.3) is 0 Å². The molecular weight excluding hydrogens is 961 g/mol. The average Bonchev–Trinajstić information content (AvgIpc) is 3.44. The number of ether oxygens (including phenoxy) is 3. The van der Waals surface area contributed by atoms with Crippen LogP contribution in [-0.4, -0.2) is 37.2 Å². The summed E-state index contributed by atoms with van der Waals surface area (Å²) >= 11 is 0. The molecule has 0 bridgehead atoms. The maximum atomic E-state index is 12.9. The van der Waals surface area contributed by atoms with Gasteiger partial charge in [0.2, 0.25) is 0 Å². The Morgan fingerprint density at radius 3 is 0.795 bits per heavy atom. The third-order valence-electron chi connectivity index (χ3n) is 14.6. The van der Waals surface area contributed by atoms with Gasteiger partial charge >= 0.3 is 17.9 Å². The van der Waals surface area contributed by atoms with Gasteiger partial charge in [-0.3, -0.25) is 14.4 Å². The molecular formula is C72H126O6. The van der Waals surface area contributed by atoms with Gasteiger partial charge in [0.15, 0.2) is 6.10 Å². The van der Waals surface area contributed by atoms with E-state index in [0.29, 0.717) is 19.3 Å². The topological polar surface area (TPSA) is 78.9 Å². The number of esters is 3. The minimum absolute atomic E-state index is 0.0768. The highest BCUT2D eigenvalue weighted by molar-refractivity contribution is 5.71. The lowest BCUT2D eigenvalue weighted by Gasteiger charge is -2.18. The average molecular weight is 1090 g/mol. The fourth-order valence-electron chi connectivity index (χ4n) is 9.62. The Balaban J connectivity index is 4.29. The number of hydrogen-bond acceptors (Lipinski definition) is 6. The van der Waals surface area contributed by atoms with E-state index in [1.807, 2.05) is 0 Å². The van der Waals surface area contributed by atoms with E-state index in [9.17, 15) is 14.4 Å². The Labute approximate surface area is 484 Å². The molecule has 0 radical (unpaired) electrons. The van der Waals surface area contributed by atoms with Crippen LogP contribution in [0.2, 0.25) is 0 Å². The molecule has 0 rings (SSSR count). The fraction of sp³-hybridized carbons (Fsp3) is 0.764. The van der Waals surface area contributed by atoms with Crippen LogP contribution in [0.15, 0.2) is 85.1 Å². The quantitative estimate of drug-likeness (QED) is 0.0261. The number of rotatable bonds is 61. The number of carbonyl (C=O) groups is 3. The Bertz CT molecular complexity index is 1480. The molecule has 0 spiro atoms. The summed E-state index contributed by atoms with van der Waals surface area (Å²) in [5.74, 6) is -0.873. The van der Waals surface area contributed by atoms with Crippen molar-refractivity contribution in [3.63, 3.8) is 0 Å². The normalized spacial score (nSPS) is 12.6. The first kappa shape index (κ1) is 74.6. The molecule has 0 aromatic rings. The zero-order valence-corrected chi connectivity index (χ0v) is 51.7. The van der Waals surface area contributed by atoms with Gasteiger partial charge in [-0.05, 0) is 96.3 Å². The third-order valence-corrected chi connectivity index (χ3v) is 14.6. The van der Waals surface area contributed by atoms with Crippen molar-refractivity contribution in [1.82, 2.24) is 0 Å². The van der Waals surface area contributed by atoms with Gasteiger partial charge in [-0.15, -0.1) is 0 Å². The Hall–Kier alpha value is -3.41. The molecule has 0 aliphatic heterocycles. The monoisotopic (exact) mass is 1090 g/mol. The van der Waals surface area contributed by atoms with Crippen LogP contribution in [0.4, 0.5) is 0 Å². The van der Waals surface area contributed by atoms with Crippen LogP contribution in [0.5, 0.6) is 0 Å². The molecule has 0 saturated carbocycles. The number of hydrogen-bond donors (Lipinski definition) is 0. The van der Waals surface area contributed by atoms with Crippen molar-refractivity contribution in [2.75, 3.05) is 13.2 Å². The molecule has 78 heavy (non-hydrogen) atoms. The zero-order chi connectivity index (χ0) is 56.4. The van der Waals surface area contributed by atoms with Gasteiger partial charge in [0.05, 0.1) is 0 Å². The van der Waals surface area contributed by atoms with Gasteiger partial charge in [0, 0.05) is 19.3 Å². The maximum absolute atomic E-state index is 12.9.